The molecule has 2 rings (SSSR count). The third-order valence-electron chi connectivity index (χ3n) is 4.12. The summed E-state index contributed by atoms with van der Waals surface area (Å²) in [6.45, 7) is 1.86. The van der Waals surface area contributed by atoms with E-state index in [9.17, 15) is 9.90 Å². The molecule has 18 heavy (non-hydrogen) atoms. The van der Waals surface area contributed by atoms with Crippen molar-refractivity contribution in [3.8, 4) is 0 Å². The van der Waals surface area contributed by atoms with Crippen LogP contribution in [0.15, 0.2) is 30.3 Å². The summed E-state index contributed by atoms with van der Waals surface area (Å²) in [5, 5.41) is 10.4. The van der Waals surface area contributed by atoms with Crippen LogP contribution in [0.1, 0.15) is 49.4 Å². The molecule has 0 bridgehead atoms. The Hall–Kier alpha value is -1.15. The van der Waals surface area contributed by atoms with Crippen LogP contribution in [0, 0.1) is 11.8 Å². The number of rotatable bonds is 4. The van der Waals surface area contributed by atoms with Crippen LogP contribution < -0.4 is 0 Å². The molecule has 2 heteroatoms. The van der Waals surface area contributed by atoms with Crippen molar-refractivity contribution < 1.29 is 9.90 Å². The molecule has 0 aromatic heterocycles. The summed E-state index contributed by atoms with van der Waals surface area (Å²) in [5.41, 5.74) is 0.708. The van der Waals surface area contributed by atoms with Gasteiger partial charge in [0.25, 0.3) is 0 Å². The topological polar surface area (TPSA) is 37.3 Å². The SMILES string of the molecule is C[C@@H](C(=O)c1ccccc1)[C@H](O)C1CCCCC1. The molecule has 98 valence electrons. The van der Waals surface area contributed by atoms with Gasteiger partial charge in [0.2, 0.25) is 0 Å². The molecule has 1 aromatic carbocycles. The Morgan fingerprint density at radius 2 is 1.78 bits per heavy atom. The highest BCUT2D eigenvalue weighted by Gasteiger charge is 2.30. The number of ketones is 1. The van der Waals surface area contributed by atoms with Gasteiger partial charge in [-0.25, -0.2) is 0 Å². The van der Waals surface area contributed by atoms with E-state index in [1.807, 2.05) is 37.3 Å². The Balaban J connectivity index is 2.01. The Bertz CT molecular complexity index is 379. The molecular weight excluding hydrogens is 224 g/mol. The van der Waals surface area contributed by atoms with Gasteiger partial charge in [0.1, 0.15) is 0 Å². The molecule has 1 aromatic rings. The zero-order chi connectivity index (χ0) is 13.0. The van der Waals surface area contributed by atoms with Crippen LogP contribution in [0.25, 0.3) is 0 Å². The third kappa shape index (κ3) is 2.99. The van der Waals surface area contributed by atoms with E-state index in [2.05, 4.69) is 0 Å². The van der Waals surface area contributed by atoms with Crippen LogP contribution in [0.5, 0.6) is 0 Å². The summed E-state index contributed by atoms with van der Waals surface area (Å²) in [5.74, 6) is 0.0746. The normalized spacial score (nSPS) is 20.3. The smallest absolute Gasteiger partial charge is 0.168 e. The standard InChI is InChI=1S/C16H22O2/c1-12(15(17)13-8-4-2-5-9-13)16(18)14-10-6-3-7-11-14/h2,4-5,8-9,12,14,16,18H,3,6-7,10-11H2,1H3/t12-,16-/m0/s1. The lowest BCUT2D eigenvalue weighted by Gasteiger charge is -2.29. The highest BCUT2D eigenvalue weighted by Crippen LogP contribution is 2.30. The minimum Gasteiger partial charge on any atom is -0.392 e. The first-order chi connectivity index (χ1) is 8.70. The molecular formula is C16H22O2. The molecule has 1 saturated carbocycles. The average Bonchev–Trinajstić information content (AvgIpc) is 2.47. The van der Waals surface area contributed by atoms with Crippen molar-refractivity contribution in [2.45, 2.75) is 45.1 Å². The average molecular weight is 246 g/mol. The van der Waals surface area contributed by atoms with Crippen molar-refractivity contribution in [2.75, 3.05) is 0 Å². The van der Waals surface area contributed by atoms with Gasteiger partial charge in [-0.05, 0) is 18.8 Å². The quantitative estimate of drug-likeness (QED) is 0.826. The van der Waals surface area contributed by atoms with E-state index >= 15 is 0 Å². The maximum atomic E-state index is 12.3. The fourth-order valence-corrected chi connectivity index (χ4v) is 2.90. The number of aliphatic hydroxyl groups excluding tert-OH is 1. The molecule has 0 amide bonds. The summed E-state index contributed by atoms with van der Waals surface area (Å²) >= 11 is 0. The fraction of sp³-hybridized carbons (Fsp3) is 0.562. The molecule has 1 fully saturated rings. The maximum Gasteiger partial charge on any atom is 0.168 e. The first-order valence-corrected chi connectivity index (χ1v) is 6.97. The van der Waals surface area contributed by atoms with Crippen LogP contribution in [-0.2, 0) is 0 Å². The first-order valence-electron chi connectivity index (χ1n) is 6.97. The number of carbonyl (C=O) groups is 1. The number of hydrogen-bond acceptors (Lipinski definition) is 2. The summed E-state index contributed by atoms with van der Waals surface area (Å²) < 4.78 is 0. The molecule has 0 spiro atoms. The Morgan fingerprint density at radius 1 is 1.17 bits per heavy atom. The number of carbonyl (C=O) groups excluding carboxylic acids is 1. The van der Waals surface area contributed by atoms with Crippen molar-refractivity contribution in [3.63, 3.8) is 0 Å². The minimum atomic E-state index is -0.488. The van der Waals surface area contributed by atoms with Crippen molar-refractivity contribution in [1.29, 1.82) is 0 Å². The van der Waals surface area contributed by atoms with E-state index in [-0.39, 0.29) is 11.7 Å². The lowest BCUT2D eigenvalue weighted by atomic mass is 9.79. The Morgan fingerprint density at radius 3 is 2.39 bits per heavy atom. The third-order valence-corrected chi connectivity index (χ3v) is 4.12. The van der Waals surface area contributed by atoms with E-state index < -0.39 is 6.10 Å². The van der Waals surface area contributed by atoms with Crippen LogP contribution >= 0.6 is 0 Å². The molecule has 2 atom stereocenters. The Kier molecular flexibility index (Phi) is 4.54. The van der Waals surface area contributed by atoms with E-state index in [0.29, 0.717) is 11.5 Å². The highest BCUT2D eigenvalue weighted by molar-refractivity contribution is 5.97. The second-order valence-corrected chi connectivity index (χ2v) is 5.41. The van der Waals surface area contributed by atoms with Gasteiger partial charge in [-0.2, -0.15) is 0 Å². The van der Waals surface area contributed by atoms with Crippen molar-refractivity contribution in [3.05, 3.63) is 35.9 Å². The van der Waals surface area contributed by atoms with Crippen LogP contribution in [-0.4, -0.2) is 17.0 Å². The van der Waals surface area contributed by atoms with E-state index in [4.69, 9.17) is 0 Å². The number of hydrogen-bond donors (Lipinski definition) is 1. The molecule has 0 saturated heterocycles. The molecule has 1 aliphatic rings. The van der Waals surface area contributed by atoms with Crippen molar-refractivity contribution in [2.24, 2.45) is 11.8 Å². The molecule has 0 heterocycles. The zero-order valence-corrected chi connectivity index (χ0v) is 11.0. The lowest BCUT2D eigenvalue weighted by molar-refractivity contribution is 0.0360. The van der Waals surface area contributed by atoms with E-state index in [1.165, 1.54) is 19.3 Å². The molecule has 1 N–H and O–H groups in total. The van der Waals surface area contributed by atoms with Gasteiger partial charge in [0, 0.05) is 11.5 Å². The second kappa shape index (κ2) is 6.14. The predicted octanol–water partition coefficient (Wildman–Crippen LogP) is 3.45. The first kappa shape index (κ1) is 13.3. The lowest BCUT2D eigenvalue weighted by Crippen LogP contribution is -2.33. The largest absolute Gasteiger partial charge is 0.392 e. The van der Waals surface area contributed by atoms with Crippen molar-refractivity contribution in [1.82, 2.24) is 0 Å². The van der Waals surface area contributed by atoms with Gasteiger partial charge in [-0.1, -0.05) is 56.5 Å². The summed E-state index contributed by atoms with van der Waals surface area (Å²) in [6.07, 6.45) is 5.28. The summed E-state index contributed by atoms with van der Waals surface area (Å²) in [4.78, 5) is 12.3. The van der Waals surface area contributed by atoms with Crippen LogP contribution in [0.4, 0.5) is 0 Å². The molecule has 0 radical (unpaired) electrons. The predicted molar refractivity (Wildman–Crippen MR) is 72.5 cm³/mol. The van der Waals surface area contributed by atoms with Crippen LogP contribution in [0.2, 0.25) is 0 Å². The fourth-order valence-electron chi connectivity index (χ4n) is 2.90. The Labute approximate surface area is 109 Å². The monoisotopic (exact) mass is 246 g/mol. The van der Waals surface area contributed by atoms with E-state index in [1.54, 1.807) is 0 Å². The molecule has 0 unspecified atom stereocenters. The maximum absolute atomic E-state index is 12.3. The highest BCUT2D eigenvalue weighted by atomic mass is 16.3. The van der Waals surface area contributed by atoms with Crippen LogP contribution in [0.3, 0.4) is 0 Å². The van der Waals surface area contributed by atoms with Gasteiger partial charge >= 0.3 is 0 Å². The van der Waals surface area contributed by atoms with Gasteiger partial charge in [0.05, 0.1) is 6.10 Å². The summed E-state index contributed by atoms with van der Waals surface area (Å²) in [7, 11) is 0. The number of Topliss-reactive ketones (excluding diaryl/α,β-unsaturated/α-hetero) is 1. The van der Waals surface area contributed by atoms with Gasteiger partial charge < -0.3 is 5.11 Å². The van der Waals surface area contributed by atoms with E-state index in [0.717, 1.165) is 12.8 Å². The zero-order valence-electron chi connectivity index (χ0n) is 11.0. The summed E-state index contributed by atoms with van der Waals surface area (Å²) in [6, 6.07) is 9.29. The minimum absolute atomic E-state index is 0.0636. The van der Waals surface area contributed by atoms with Crippen molar-refractivity contribution >= 4 is 5.78 Å². The van der Waals surface area contributed by atoms with Gasteiger partial charge in [0.15, 0.2) is 5.78 Å². The molecule has 2 nitrogen and oxygen atoms in total. The second-order valence-electron chi connectivity index (χ2n) is 5.41. The van der Waals surface area contributed by atoms with Gasteiger partial charge in [-0.15, -0.1) is 0 Å². The number of benzene rings is 1. The molecule has 1 aliphatic carbocycles. The number of aliphatic hydroxyl groups is 1. The molecule has 0 aliphatic heterocycles. The van der Waals surface area contributed by atoms with Gasteiger partial charge in [-0.3, -0.25) is 4.79 Å².